The Hall–Kier alpha value is -1.03. The minimum Gasteiger partial charge on any atom is -0.398 e. The van der Waals surface area contributed by atoms with E-state index in [2.05, 4.69) is 0 Å². The Labute approximate surface area is 103 Å². The van der Waals surface area contributed by atoms with Crippen LogP contribution in [0.4, 0.5) is 5.69 Å². The smallest absolute Gasteiger partial charge is 0.0858 e. The summed E-state index contributed by atoms with van der Waals surface area (Å²) in [6, 6.07) is 9.15. The molecule has 84 valence electrons. The lowest BCUT2D eigenvalue weighted by Crippen LogP contribution is -2.04. The highest BCUT2D eigenvalue weighted by atomic mass is 35.5. The maximum absolute atomic E-state index is 10.0. The van der Waals surface area contributed by atoms with Gasteiger partial charge in [-0.25, -0.2) is 0 Å². The predicted molar refractivity (Wildman–Crippen MR) is 68.8 cm³/mol. The van der Waals surface area contributed by atoms with E-state index in [1.54, 1.807) is 29.5 Å². The monoisotopic (exact) mass is 253 g/mol. The van der Waals surface area contributed by atoms with Gasteiger partial charge in [0, 0.05) is 27.6 Å². The van der Waals surface area contributed by atoms with Crippen LogP contribution in [-0.4, -0.2) is 5.11 Å². The van der Waals surface area contributed by atoms with Crippen molar-refractivity contribution >= 4 is 28.6 Å². The largest absolute Gasteiger partial charge is 0.398 e. The first-order valence-corrected chi connectivity index (χ1v) is 6.18. The van der Waals surface area contributed by atoms with Crippen molar-refractivity contribution in [3.05, 3.63) is 51.2 Å². The van der Waals surface area contributed by atoms with Crippen molar-refractivity contribution in [2.75, 3.05) is 5.73 Å². The summed E-state index contributed by atoms with van der Waals surface area (Å²) < 4.78 is 0. The lowest BCUT2D eigenvalue weighted by Gasteiger charge is -2.12. The van der Waals surface area contributed by atoms with Gasteiger partial charge in [0.15, 0.2) is 0 Å². The molecule has 0 saturated carbocycles. The summed E-state index contributed by atoms with van der Waals surface area (Å²) in [5, 5.41) is 12.6. The molecular weight excluding hydrogens is 242 g/mol. The second kappa shape index (κ2) is 4.87. The van der Waals surface area contributed by atoms with E-state index in [0.717, 1.165) is 10.4 Å². The molecular formula is C12H12ClNOS. The van der Waals surface area contributed by atoms with E-state index >= 15 is 0 Å². The van der Waals surface area contributed by atoms with Crippen LogP contribution in [0.5, 0.6) is 0 Å². The number of nitrogens with two attached hydrogens (primary N) is 1. The lowest BCUT2D eigenvalue weighted by molar-refractivity contribution is 0.180. The van der Waals surface area contributed by atoms with Crippen LogP contribution in [0.1, 0.15) is 16.5 Å². The molecule has 2 aromatic rings. The predicted octanol–water partition coefficient (Wildman–Crippen LogP) is 3.26. The standard InChI is InChI=1S/C12H12ClNOS/c13-8-3-4-10(11(14)6-8)12(15)7-9-2-1-5-16-9/h1-6,12,15H,7,14H2. The Morgan fingerprint density at radius 3 is 2.81 bits per heavy atom. The van der Waals surface area contributed by atoms with Gasteiger partial charge >= 0.3 is 0 Å². The van der Waals surface area contributed by atoms with E-state index in [4.69, 9.17) is 17.3 Å². The van der Waals surface area contributed by atoms with Crippen molar-refractivity contribution in [3.63, 3.8) is 0 Å². The third-order valence-corrected chi connectivity index (χ3v) is 3.52. The summed E-state index contributed by atoms with van der Waals surface area (Å²) in [4.78, 5) is 1.14. The maximum atomic E-state index is 10.0. The number of anilines is 1. The van der Waals surface area contributed by atoms with E-state index < -0.39 is 6.10 Å². The second-order valence-electron chi connectivity index (χ2n) is 3.57. The third-order valence-electron chi connectivity index (χ3n) is 2.38. The summed E-state index contributed by atoms with van der Waals surface area (Å²) in [6.45, 7) is 0. The van der Waals surface area contributed by atoms with Gasteiger partial charge in [0.2, 0.25) is 0 Å². The SMILES string of the molecule is Nc1cc(Cl)ccc1C(O)Cc1cccs1. The number of hydrogen-bond acceptors (Lipinski definition) is 3. The average molecular weight is 254 g/mol. The molecule has 1 unspecified atom stereocenters. The first-order chi connectivity index (χ1) is 7.66. The van der Waals surface area contributed by atoms with Gasteiger partial charge in [-0.2, -0.15) is 0 Å². The fraction of sp³-hybridized carbons (Fsp3) is 0.167. The fourth-order valence-corrected chi connectivity index (χ4v) is 2.50. The molecule has 3 N–H and O–H groups in total. The average Bonchev–Trinajstić information content (AvgIpc) is 2.70. The van der Waals surface area contributed by atoms with Crippen LogP contribution >= 0.6 is 22.9 Å². The van der Waals surface area contributed by atoms with Gasteiger partial charge in [0.05, 0.1) is 6.10 Å². The molecule has 1 atom stereocenters. The van der Waals surface area contributed by atoms with Gasteiger partial charge in [-0.3, -0.25) is 0 Å². The van der Waals surface area contributed by atoms with Gasteiger partial charge in [0.25, 0.3) is 0 Å². The van der Waals surface area contributed by atoms with E-state index in [1.165, 1.54) is 0 Å². The normalized spacial score (nSPS) is 12.6. The Balaban J connectivity index is 2.17. The van der Waals surface area contributed by atoms with Crippen molar-refractivity contribution in [2.45, 2.75) is 12.5 Å². The van der Waals surface area contributed by atoms with Crippen LogP contribution in [0.3, 0.4) is 0 Å². The third kappa shape index (κ3) is 2.55. The Morgan fingerprint density at radius 2 is 2.19 bits per heavy atom. The van der Waals surface area contributed by atoms with Crippen molar-refractivity contribution in [2.24, 2.45) is 0 Å². The molecule has 1 aromatic heterocycles. The summed E-state index contributed by atoms with van der Waals surface area (Å²) in [7, 11) is 0. The second-order valence-corrected chi connectivity index (χ2v) is 5.04. The molecule has 0 bridgehead atoms. The van der Waals surface area contributed by atoms with Crippen molar-refractivity contribution < 1.29 is 5.11 Å². The highest BCUT2D eigenvalue weighted by molar-refractivity contribution is 7.09. The number of nitrogen functional groups attached to an aromatic ring is 1. The van der Waals surface area contributed by atoms with Crippen LogP contribution in [0.2, 0.25) is 5.02 Å². The minimum absolute atomic E-state index is 0.538. The molecule has 0 saturated heterocycles. The first-order valence-electron chi connectivity index (χ1n) is 4.92. The van der Waals surface area contributed by atoms with Crippen LogP contribution in [0.15, 0.2) is 35.7 Å². The number of aliphatic hydroxyl groups is 1. The molecule has 0 radical (unpaired) electrons. The molecule has 0 aliphatic heterocycles. The molecule has 16 heavy (non-hydrogen) atoms. The molecule has 0 spiro atoms. The molecule has 0 fully saturated rings. The van der Waals surface area contributed by atoms with Crippen LogP contribution in [0, 0.1) is 0 Å². The van der Waals surface area contributed by atoms with E-state index in [-0.39, 0.29) is 0 Å². The Bertz CT molecular complexity index is 470. The quantitative estimate of drug-likeness (QED) is 0.825. The van der Waals surface area contributed by atoms with Crippen molar-refractivity contribution in [3.8, 4) is 0 Å². The topological polar surface area (TPSA) is 46.2 Å². The lowest BCUT2D eigenvalue weighted by atomic mass is 10.0. The van der Waals surface area contributed by atoms with Gasteiger partial charge in [-0.1, -0.05) is 23.7 Å². The summed E-state index contributed by atoms with van der Waals surface area (Å²) in [5.41, 5.74) is 7.08. The minimum atomic E-state index is -0.573. The van der Waals surface area contributed by atoms with Crippen molar-refractivity contribution in [1.29, 1.82) is 0 Å². The highest BCUT2D eigenvalue weighted by Crippen LogP contribution is 2.27. The number of aliphatic hydroxyl groups excluding tert-OH is 1. The van der Waals surface area contributed by atoms with Crippen molar-refractivity contribution in [1.82, 2.24) is 0 Å². The van der Waals surface area contributed by atoms with E-state index in [0.29, 0.717) is 17.1 Å². The van der Waals surface area contributed by atoms with Gasteiger partial charge in [-0.15, -0.1) is 11.3 Å². The van der Waals surface area contributed by atoms with E-state index in [9.17, 15) is 5.11 Å². The molecule has 1 heterocycles. The number of rotatable bonds is 3. The van der Waals surface area contributed by atoms with Gasteiger partial charge < -0.3 is 10.8 Å². The molecule has 0 aliphatic carbocycles. The summed E-state index contributed by atoms with van der Waals surface area (Å²) in [6.07, 6.45) is 0.0136. The summed E-state index contributed by atoms with van der Waals surface area (Å²) in [5.74, 6) is 0. The molecule has 2 rings (SSSR count). The Morgan fingerprint density at radius 1 is 1.38 bits per heavy atom. The zero-order chi connectivity index (χ0) is 11.5. The zero-order valence-corrected chi connectivity index (χ0v) is 10.1. The maximum Gasteiger partial charge on any atom is 0.0858 e. The van der Waals surface area contributed by atoms with Crippen LogP contribution < -0.4 is 5.73 Å². The zero-order valence-electron chi connectivity index (χ0n) is 8.56. The van der Waals surface area contributed by atoms with Gasteiger partial charge in [0.1, 0.15) is 0 Å². The number of thiophene rings is 1. The van der Waals surface area contributed by atoms with Crippen LogP contribution in [0.25, 0.3) is 0 Å². The summed E-state index contributed by atoms with van der Waals surface area (Å²) >= 11 is 7.43. The number of halogens is 1. The fourth-order valence-electron chi connectivity index (χ4n) is 1.58. The van der Waals surface area contributed by atoms with Gasteiger partial charge in [-0.05, 0) is 23.6 Å². The van der Waals surface area contributed by atoms with E-state index in [1.807, 2.05) is 17.5 Å². The van der Waals surface area contributed by atoms with Crippen LogP contribution in [-0.2, 0) is 6.42 Å². The first kappa shape index (κ1) is 11.5. The number of benzene rings is 1. The number of hydrogen-bond donors (Lipinski definition) is 2. The Kier molecular flexibility index (Phi) is 3.49. The molecule has 0 amide bonds. The molecule has 0 aliphatic rings. The molecule has 4 heteroatoms. The molecule has 1 aromatic carbocycles. The highest BCUT2D eigenvalue weighted by Gasteiger charge is 2.12. The molecule has 2 nitrogen and oxygen atoms in total.